The molecule has 2 heteroatoms. The summed E-state index contributed by atoms with van der Waals surface area (Å²) in [6.45, 7) is 3.74. The van der Waals surface area contributed by atoms with Crippen molar-refractivity contribution in [3.63, 3.8) is 0 Å². The predicted molar refractivity (Wildman–Crippen MR) is 55.2 cm³/mol. The van der Waals surface area contributed by atoms with E-state index in [0.717, 1.165) is 25.3 Å². The first-order chi connectivity index (χ1) is 6.36. The Balaban J connectivity index is 2.56. The van der Waals surface area contributed by atoms with Gasteiger partial charge in [0.1, 0.15) is 5.75 Å². The molecule has 0 heterocycles. The number of nitrogens with one attached hydrogen (secondary N) is 1. The molecule has 0 amide bonds. The summed E-state index contributed by atoms with van der Waals surface area (Å²) < 4.78 is 5.41. The van der Waals surface area contributed by atoms with Crippen LogP contribution in [-0.4, -0.2) is 20.2 Å². The van der Waals surface area contributed by atoms with Crippen LogP contribution in [0.1, 0.15) is 12.5 Å². The average molecular weight is 179 g/mol. The second-order valence-electron chi connectivity index (χ2n) is 2.93. The van der Waals surface area contributed by atoms with Crippen LogP contribution in [0.25, 0.3) is 0 Å². The maximum Gasteiger partial charge on any atom is 0.119 e. The zero-order chi connectivity index (χ0) is 9.52. The van der Waals surface area contributed by atoms with E-state index in [4.69, 9.17) is 4.74 Å². The summed E-state index contributed by atoms with van der Waals surface area (Å²) in [5.74, 6) is 0.969. The van der Waals surface area contributed by atoms with E-state index in [1.807, 2.05) is 26.1 Å². The van der Waals surface area contributed by atoms with Crippen LogP contribution < -0.4 is 10.1 Å². The Bertz CT molecular complexity index is 248. The molecule has 0 unspecified atom stereocenters. The second kappa shape index (κ2) is 5.60. The monoisotopic (exact) mass is 179 g/mol. The molecule has 1 aromatic rings. The summed E-state index contributed by atoms with van der Waals surface area (Å²) >= 11 is 0. The number of ether oxygens (including phenoxy) is 1. The summed E-state index contributed by atoms with van der Waals surface area (Å²) in [6, 6.07) is 8.25. The van der Waals surface area contributed by atoms with Crippen LogP contribution in [0.3, 0.4) is 0 Å². The van der Waals surface area contributed by atoms with Crippen LogP contribution in [0.5, 0.6) is 5.75 Å². The third kappa shape index (κ3) is 3.47. The second-order valence-corrected chi connectivity index (χ2v) is 2.93. The topological polar surface area (TPSA) is 21.3 Å². The Kier molecular flexibility index (Phi) is 4.33. The summed E-state index contributed by atoms with van der Waals surface area (Å²) in [6.07, 6.45) is 1.05. The fourth-order valence-electron chi connectivity index (χ4n) is 1.23. The number of likely N-dealkylation sites (N-methyl/N-ethyl adjacent to an activating group) is 1. The lowest BCUT2D eigenvalue weighted by molar-refractivity contribution is 0.340. The average Bonchev–Trinajstić information content (AvgIpc) is 2.16. The Morgan fingerprint density at radius 3 is 2.92 bits per heavy atom. The maximum absolute atomic E-state index is 5.41. The van der Waals surface area contributed by atoms with E-state index in [1.165, 1.54) is 5.56 Å². The van der Waals surface area contributed by atoms with E-state index in [0.29, 0.717) is 0 Å². The molecule has 1 rings (SSSR count). The lowest BCUT2D eigenvalue weighted by Gasteiger charge is -2.05. The van der Waals surface area contributed by atoms with Gasteiger partial charge in [-0.1, -0.05) is 12.1 Å². The highest BCUT2D eigenvalue weighted by Gasteiger charge is 1.94. The molecule has 72 valence electrons. The molecule has 0 atom stereocenters. The fourth-order valence-corrected chi connectivity index (χ4v) is 1.23. The largest absolute Gasteiger partial charge is 0.494 e. The molecule has 0 aromatic heterocycles. The van der Waals surface area contributed by atoms with Gasteiger partial charge in [0.05, 0.1) is 6.61 Å². The van der Waals surface area contributed by atoms with Crippen LogP contribution in [0.15, 0.2) is 24.3 Å². The van der Waals surface area contributed by atoms with Crippen LogP contribution >= 0.6 is 0 Å². The highest BCUT2D eigenvalue weighted by molar-refractivity contribution is 5.28. The van der Waals surface area contributed by atoms with E-state index in [-0.39, 0.29) is 0 Å². The number of rotatable bonds is 5. The predicted octanol–water partition coefficient (Wildman–Crippen LogP) is 1.85. The minimum absolute atomic E-state index is 0.732. The number of hydrogen-bond acceptors (Lipinski definition) is 2. The van der Waals surface area contributed by atoms with Gasteiger partial charge in [-0.05, 0) is 44.6 Å². The van der Waals surface area contributed by atoms with Crippen LogP contribution in [0.4, 0.5) is 0 Å². The quantitative estimate of drug-likeness (QED) is 0.744. The van der Waals surface area contributed by atoms with Crippen molar-refractivity contribution in [2.75, 3.05) is 20.2 Å². The van der Waals surface area contributed by atoms with E-state index < -0.39 is 0 Å². The zero-order valence-electron chi connectivity index (χ0n) is 8.34. The van der Waals surface area contributed by atoms with E-state index in [9.17, 15) is 0 Å². The molecule has 2 nitrogen and oxygen atoms in total. The lowest BCUT2D eigenvalue weighted by atomic mass is 10.1. The van der Waals surface area contributed by atoms with Gasteiger partial charge in [-0.2, -0.15) is 0 Å². The van der Waals surface area contributed by atoms with E-state index in [1.54, 1.807) is 0 Å². The molecular formula is C11H17NO. The van der Waals surface area contributed by atoms with Crippen molar-refractivity contribution in [1.82, 2.24) is 5.32 Å². The molecule has 0 aliphatic carbocycles. The van der Waals surface area contributed by atoms with Gasteiger partial charge in [0.25, 0.3) is 0 Å². The Hall–Kier alpha value is -1.02. The lowest BCUT2D eigenvalue weighted by Crippen LogP contribution is -2.10. The molecule has 0 bridgehead atoms. The summed E-state index contributed by atoms with van der Waals surface area (Å²) in [7, 11) is 1.96. The van der Waals surface area contributed by atoms with Gasteiger partial charge in [-0.25, -0.2) is 0 Å². The van der Waals surface area contributed by atoms with Gasteiger partial charge in [-0.15, -0.1) is 0 Å². The Labute approximate surface area is 79.9 Å². The van der Waals surface area contributed by atoms with Crippen molar-refractivity contribution in [3.05, 3.63) is 29.8 Å². The first-order valence-electron chi connectivity index (χ1n) is 4.73. The molecule has 0 spiro atoms. The standard InChI is InChI=1S/C11H17NO/c1-3-13-11-6-4-5-10(9-11)7-8-12-2/h4-6,9,12H,3,7-8H2,1-2H3. The molecule has 0 aliphatic rings. The molecule has 0 saturated heterocycles. The van der Waals surface area contributed by atoms with Crippen molar-refractivity contribution in [3.8, 4) is 5.75 Å². The van der Waals surface area contributed by atoms with Gasteiger partial charge >= 0.3 is 0 Å². The minimum Gasteiger partial charge on any atom is -0.494 e. The van der Waals surface area contributed by atoms with Gasteiger partial charge in [0.2, 0.25) is 0 Å². The molecule has 0 fully saturated rings. The zero-order valence-corrected chi connectivity index (χ0v) is 8.34. The summed E-state index contributed by atoms with van der Waals surface area (Å²) in [5.41, 5.74) is 1.32. The van der Waals surface area contributed by atoms with Gasteiger partial charge < -0.3 is 10.1 Å². The number of hydrogen-bond donors (Lipinski definition) is 1. The molecule has 0 saturated carbocycles. The highest BCUT2D eigenvalue weighted by Crippen LogP contribution is 2.13. The normalized spacial score (nSPS) is 10.0. The third-order valence-electron chi connectivity index (χ3n) is 1.87. The summed E-state index contributed by atoms with van der Waals surface area (Å²) in [4.78, 5) is 0. The van der Waals surface area contributed by atoms with Crippen molar-refractivity contribution >= 4 is 0 Å². The first kappa shape index (κ1) is 10.1. The third-order valence-corrected chi connectivity index (χ3v) is 1.87. The number of benzene rings is 1. The maximum atomic E-state index is 5.41. The Morgan fingerprint density at radius 2 is 2.23 bits per heavy atom. The minimum atomic E-state index is 0.732. The molecule has 1 aromatic carbocycles. The van der Waals surface area contributed by atoms with Gasteiger partial charge in [0.15, 0.2) is 0 Å². The van der Waals surface area contributed by atoms with Crippen molar-refractivity contribution in [1.29, 1.82) is 0 Å². The smallest absolute Gasteiger partial charge is 0.119 e. The SMILES string of the molecule is CCOc1cccc(CCNC)c1. The van der Waals surface area contributed by atoms with Gasteiger partial charge in [-0.3, -0.25) is 0 Å². The fraction of sp³-hybridized carbons (Fsp3) is 0.455. The Morgan fingerprint density at radius 1 is 1.38 bits per heavy atom. The van der Waals surface area contributed by atoms with Crippen LogP contribution in [0.2, 0.25) is 0 Å². The van der Waals surface area contributed by atoms with Crippen molar-refractivity contribution < 1.29 is 4.74 Å². The van der Waals surface area contributed by atoms with Gasteiger partial charge in [0, 0.05) is 0 Å². The highest BCUT2D eigenvalue weighted by atomic mass is 16.5. The molecule has 13 heavy (non-hydrogen) atoms. The van der Waals surface area contributed by atoms with Crippen LogP contribution in [-0.2, 0) is 6.42 Å². The van der Waals surface area contributed by atoms with E-state index in [2.05, 4.69) is 17.4 Å². The van der Waals surface area contributed by atoms with Crippen molar-refractivity contribution in [2.45, 2.75) is 13.3 Å². The summed E-state index contributed by atoms with van der Waals surface area (Å²) in [5, 5.41) is 3.13. The first-order valence-corrected chi connectivity index (χ1v) is 4.73. The molecular weight excluding hydrogens is 162 g/mol. The molecule has 1 N–H and O–H groups in total. The molecule has 0 radical (unpaired) electrons. The van der Waals surface area contributed by atoms with Crippen LogP contribution in [0, 0.1) is 0 Å². The van der Waals surface area contributed by atoms with E-state index >= 15 is 0 Å². The van der Waals surface area contributed by atoms with Crippen molar-refractivity contribution in [2.24, 2.45) is 0 Å². The molecule has 0 aliphatic heterocycles.